The normalized spacial score (nSPS) is 23.6. The lowest BCUT2D eigenvalue weighted by Crippen LogP contribution is -2.55. The summed E-state index contributed by atoms with van der Waals surface area (Å²) in [6, 6.07) is 5.48. The number of nitrogens with one attached hydrogen (secondary N) is 1. The van der Waals surface area contributed by atoms with Crippen LogP contribution in [0.5, 0.6) is 5.75 Å². The maximum absolute atomic E-state index is 12.6. The molecule has 5 nitrogen and oxygen atoms in total. The minimum Gasteiger partial charge on any atom is -0.508 e. The van der Waals surface area contributed by atoms with Crippen molar-refractivity contribution in [2.24, 2.45) is 0 Å². The summed E-state index contributed by atoms with van der Waals surface area (Å²) >= 11 is 0. The van der Waals surface area contributed by atoms with Crippen LogP contribution < -0.4 is 5.32 Å². The van der Waals surface area contributed by atoms with Crippen molar-refractivity contribution in [2.75, 3.05) is 25.1 Å². The van der Waals surface area contributed by atoms with E-state index in [0.29, 0.717) is 24.9 Å². The highest BCUT2D eigenvalue weighted by molar-refractivity contribution is 5.95. The lowest BCUT2D eigenvalue weighted by Gasteiger charge is -2.38. The Balaban J connectivity index is 1.69. The number of carbonyl (C=O) groups excluding carboxylic acids is 1. The third kappa shape index (κ3) is 3.25. The Labute approximate surface area is 131 Å². The van der Waals surface area contributed by atoms with Crippen molar-refractivity contribution >= 4 is 11.6 Å². The van der Waals surface area contributed by atoms with Gasteiger partial charge in [0.05, 0.1) is 13.2 Å². The minimum absolute atomic E-state index is 0.0464. The number of hydrogen-bond acceptors (Lipinski definition) is 4. The molecule has 2 fully saturated rings. The SMILES string of the molecule is Cc1ccc(NC(=O)C2COCCN2C2CCCC2)cc1O. The van der Waals surface area contributed by atoms with Gasteiger partial charge >= 0.3 is 0 Å². The highest BCUT2D eigenvalue weighted by atomic mass is 16.5. The first kappa shape index (κ1) is 15.3. The van der Waals surface area contributed by atoms with E-state index in [1.54, 1.807) is 12.1 Å². The van der Waals surface area contributed by atoms with Gasteiger partial charge in [0.25, 0.3) is 0 Å². The second-order valence-corrected chi connectivity index (χ2v) is 6.26. The maximum atomic E-state index is 12.6. The molecule has 0 bridgehead atoms. The van der Waals surface area contributed by atoms with Gasteiger partial charge in [-0.2, -0.15) is 0 Å². The number of aryl methyl sites for hydroxylation is 1. The van der Waals surface area contributed by atoms with Crippen molar-refractivity contribution in [2.45, 2.75) is 44.7 Å². The molecular weight excluding hydrogens is 280 g/mol. The number of phenolic OH excluding ortho intramolecular Hbond substituents is 1. The van der Waals surface area contributed by atoms with E-state index in [1.165, 1.54) is 25.7 Å². The van der Waals surface area contributed by atoms with Crippen LogP contribution in [0.2, 0.25) is 0 Å². The molecule has 3 rings (SSSR count). The molecule has 1 aliphatic heterocycles. The van der Waals surface area contributed by atoms with Gasteiger partial charge < -0.3 is 15.2 Å². The van der Waals surface area contributed by atoms with E-state index in [-0.39, 0.29) is 17.7 Å². The highest BCUT2D eigenvalue weighted by Crippen LogP contribution is 2.27. The van der Waals surface area contributed by atoms with Gasteiger partial charge in [-0.1, -0.05) is 18.9 Å². The van der Waals surface area contributed by atoms with Crippen LogP contribution in [-0.2, 0) is 9.53 Å². The lowest BCUT2D eigenvalue weighted by molar-refractivity contribution is -0.129. The molecule has 1 saturated carbocycles. The van der Waals surface area contributed by atoms with E-state index < -0.39 is 0 Å². The first-order chi connectivity index (χ1) is 10.6. The Morgan fingerprint density at radius 2 is 2.14 bits per heavy atom. The fourth-order valence-electron chi connectivity index (χ4n) is 3.43. The summed E-state index contributed by atoms with van der Waals surface area (Å²) in [6.07, 6.45) is 4.86. The third-order valence-corrected chi connectivity index (χ3v) is 4.74. The monoisotopic (exact) mass is 304 g/mol. The highest BCUT2D eigenvalue weighted by Gasteiger charge is 2.35. The molecule has 0 spiro atoms. The molecule has 2 aliphatic rings. The van der Waals surface area contributed by atoms with Crippen molar-refractivity contribution in [3.05, 3.63) is 23.8 Å². The zero-order valence-electron chi connectivity index (χ0n) is 13.0. The van der Waals surface area contributed by atoms with E-state index in [0.717, 1.165) is 12.1 Å². The molecule has 1 aromatic carbocycles. The van der Waals surface area contributed by atoms with Gasteiger partial charge in [-0.05, 0) is 31.4 Å². The summed E-state index contributed by atoms with van der Waals surface area (Å²) in [5.74, 6) is 0.153. The predicted molar refractivity (Wildman–Crippen MR) is 85.0 cm³/mol. The number of nitrogens with zero attached hydrogens (tertiary/aromatic N) is 1. The van der Waals surface area contributed by atoms with Crippen LogP contribution in [0.3, 0.4) is 0 Å². The Kier molecular flexibility index (Phi) is 4.64. The molecule has 0 aromatic heterocycles. The van der Waals surface area contributed by atoms with Crippen molar-refractivity contribution < 1.29 is 14.6 Å². The van der Waals surface area contributed by atoms with Crippen LogP contribution in [0.4, 0.5) is 5.69 Å². The van der Waals surface area contributed by atoms with E-state index >= 15 is 0 Å². The molecule has 1 aromatic rings. The molecule has 0 radical (unpaired) electrons. The first-order valence-electron chi connectivity index (χ1n) is 8.09. The molecule has 2 N–H and O–H groups in total. The molecule has 1 amide bonds. The Hall–Kier alpha value is -1.59. The molecule has 1 atom stereocenters. The number of rotatable bonds is 3. The molecule has 1 unspecified atom stereocenters. The number of benzene rings is 1. The summed E-state index contributed by atoms with van der Waals surface area (Å²) in [5, 5.41) is 12.7. The van der Waals surface area contributed by atoms with E-state index in [1.807, 2.05) is 13.0 Å². The Morgan fingerprint density at radius 3 is 2.86 bits per heavy atom. The number of ether oxygens (including phenoxy) is 1. The number of hydrogen-bond donors (Lipinski definition) is 2. The summed E-state index contributed by atoms with van der Waals surface area (Å²) in [7, 11) is 0. The number of aromatic hydroxyl groups is 1. The van der Waals surface area contributed by atoms with Crippen LogP contribution in [0.1, 0.15) is 31.2 Å². The summed E-state index contributed by atoms with van der Waals surface area (Å²) in [6.45, 7) is 3.80. The van der Waals surface area contributed by atoms with Crippen LogP contribution in [-0.4, -0.2) is 47.8 Å². The average Bonchev–Trinajstić information content (AvgIpc) is 3.05. The van der Waals surface area contributed by atoms with E-state index in [4.69, 9.17) is 4.74 Å². The van der Waals surface area contributed by atoms with Gasteiger partial charge in [0.1, 0.15) is 11.8 Å². The van der Waals surface area contributed by atoms with Crippen LogP contribution in [0.25, 0.3) is 0 Å². The van der Waals surface area contributed by atoms with E-state index in [9.17, 15) is 9.90 Å². The van der Waals surface area contributed by atoms with Crippen LogP contribution in [0, 0.1) is 6.92 Å². The number of anilines is 1. The third-order valence-electron chi connectivity index (χ3n) is 4.74. The smallest absolute Gasteiger partial charge is 0.244 e. The molecule has 1 aliphatic carbocycles. The number of morpholine rings is 1. The van der Waals surface area contributed by atoms with Crippen LogP contribution >= 0.6 is 0 Å². The van der Waals surface area contributed by atoms with Crippen molar-refractivity contribution in [3.8, 4) is 5.75 Å². The zero-order valence-corrected chi connectivity index (χ0v) is 13.0. The number of carbonyl (C=O) groups is 1. The second kappa shape index (κ2) is 6.67. The first-order valence-corrected chi connectivity index (χ1v) is 8.09. The van der Waals surface area contributed by atoms with Gasteiger partial charge in [-0.25, -0.2) is 0 Å². The van der Waals surface area contributed by atoms with E-state index in [2.05, 4.69) is 10.2 Å². The second-order valence-electron chi connectivity index (χ2n) is 6.26. The number of amides is 1. The van der Waals surface area contributed by atoms with Gasteiger partial charge in [-0.15, -0.1) is 0 Å². The minimum atomic E-state index is -0.236. The summed E-state index contributed by atoms with van der Waals surface area (Å²) in [5.41, 5.74) is 1.43. The molecule has 1 saturated heterocycles. The van der Waals surface area contributed by atoms with Crippen molar-refractivity contribution in [1.82, 2.24) is 4.90 Å². The molecule has 22 heavy (non-hydrogen) atoms. The van der Waals surface area contributed by atoms with Gasteiger partial charge in [0.2, 0.25) is 5.91 Å². The van der Waals surface area contributed by atoms with Gasteiger partial charge in [0, 0.05) is 24.3 Å². The maximum Gasteiger partial charge on any atom is 0.244 e. The molecule has 5 heteroatoms. The predicted octanol–water partition coefficient (Wildman–Crippen LogP) is 2.28. The fraction of sp³-hybridized carbons (Fsp3) is 0.588. The van der Waals surface area contributed by atoms with Gasteiger partial charge in [0.15, 0.2) is 0 Å². The quantitative estimate of drug-likeness (QED) is 0.899. The lowest BCUT2D eigenvalue weighted by atomic mass is 10.1. The fourth-order valence-corrected chi connectivity index (χ4v) is 3.43. The van der Waals surface area contributed by atoms with Crippen LogP contribution in [0.15, 0.2) is 18.2 Å². The average molecular weight is 304 g/mol. The topological polar surface area (TPSA) is 61.8 Å². The Morgan fingerprint density at radius 1 is 1.36 bits per heavy atom. The van der Waals surface area contributed by atoms with Crippen molar-refractivity contribution in [3.63, 3.8) is 0 Å². The van der Waals surface area contributed by atoms with Crippen molar-refractivity contribution in [1.29, 1.82) is 0 Å². The zero-order chi connectivity index (χ0) is 15.5. The summed E-state index contributed by atoms with van der Waals surface area (Å²) < 4.78 is 5.52. The molecule has 120 valence electrons. The molecular formula is C17H24N2O3. The largest absolute Gasteiger partial charge is 0.508 e. The Bertz CT molecular complexity index is 541. The van der Waals surface area contributed by atoms with Gasteiger partial charge in [-0.3, -0.25) is 9.69 Å². The standard InChI is InChI=1S/C17H24N2O3/c1-12-6-7-13(10-16(12)20)18-17(21)15-11-22-9-8-19(15)14-4-2-3-5-14/h6-7,10,14-15,20H,2-5,8-9,11H2,1H3,(H,18,21). The molecule has 1 heterocycles. The summed E-state index contributed by atoms with van der Waals surface area (Å²) in [4.78, 5) is 14.9. The number of phenols is 1.